The molecule has 2 heterocycles. The fourth-order valence-corrected chi connectivity index (χ4v) is 2.73. The molecule has 1 amide bonds. The van der Waals surface area contributed by atoms with Crippen molar-refractivity contribution in [2.75, 3.05) is 39.9 Å². The van der Waals surface area contributed by atoms with Gasteiger partial charge in [0.05, 0.1) is 6.61 Å². The fourth-order valence-electron chi connectivity index (χ4n) is 2.73. The van der Waals surface area contributed by atoms with Gasteiger partial charge in [0.2, 0.25) is 5.91 Å². The van der Waals surface area contributed by atoms with Crippen LogP contribution in [0.15, 0.2) is 0 Å². The summed E-state index contributed by atoms with van der Waals surface area (Å²) in [5.41, 5.74) is 0. The summed E-state index contributed by atoms with van der Waals surface area (Å²) in [6.07, 6.45) is 4.19. The van der Waals surface area contributed by atoms with Gasteiger partial charge in [-0.05, 0) is 44.2 Å². The van der Waals surface area contributed by atoms with E-state index in [9.17, 15) is 4.79 Å². The summed E-state index contributed by atoms with van der Waals surface area (Å²) in [5, 5.41) is 3.31. The number of nitrogens with zero attached hydrogens (tertiary/aromatic N) is 1. The second kappa shape index (κ2) is 7.97. The highest BCUT2D eigenvalue weighted by molar-refractivity contribution is 5.85. The lowest BCUT2D eigenvalue weighted by Gasteiger charge is -2.27. The summed E-state index contributed by atoms with van der Waals surface area (Å²) < 4.78 is 5.45. The zero-order valence-corrected chi connectivity index (χ0v) is 12.0. The number of halogens is 1. The number of amides is 1. The van der Waals surface area contributed by atoms with E-state index in [1.807, 2.05) is 11.9 Å². The predicted molar refractivity (Wildman–Crippen MR) is 74.0 cm³/mol. The van der Waals surface area contributed by atoms with Gasteiger partial charge in [-0.15, -0.1) is 12.4 Å². The highest BCUT2D eigenvalue weighted by Crippen LogP contribution is 2.17. The van der Waals surface area contributed by atoms with Crippen LogP contribution < -0.4 is 5.32 Å². The Bertz CT molecular complexity index is 251. The Morgan fingerprint density at radius 1 is 1.39 bits per heavy atom. The van der Waals surface area contributed by atoms with Crippen LogP contribution in [-0.4, -0.2) is 50.7 Å². The summed E-state index contributed by atoms with van der Waals surface area (Å²) in [6.45, 7) is 4.65. The van der Waals surface area contributed by atoms with Crippen molar-refractivity contribution in [3.8, 4) is 0 Å². The SMILES string of the molecule is CN(CC1CCCOC1)C(=O)CC1CCNC1.Cl. The van der Waals surface area contributed by atoms with Crippen molar-refractivity contribution in [2.45, 2.75) is 25.7 Å². The van der Waals surface area contributed by atoms with Gasteiger partial charge >= 0.3 is 0 Å². The van der Waals surface area contributed by atoms with Gasteiger partial charge in [-0.1, -0.05) is 0 Å². The molecule has 0 aromatic rings. The molecule has 106 valence electrons. The summed E-state index contributed by atoms with van der Waals surface area (Å²) >= 11 is 0. The molecule has 0 saturated carbocycles. The number of hydrogen-bond donors (Lipinski definition) is 1. The molecule has 2 aliphatic heterocycles. The minimum absolute atomic E-state index is 0. The molecule has 18 heavy (non-hydrogen) atoms. The maximum Gasteiger partial charge on any atom is 0.222 e. The van der Waals surface area contributed by atoms with Crippen molar-refractivity contribution in [3.63, 3.8) is 0 Å². The molecule has 0 bridgehead atoms. The van der Waals surface area contributed by atoms with Crippen LogP contribution in [0.1, 0.15) is 25.7 Å². The van der Waals surface area contributed by atoms with Crippen LogP contribution in [-0.2, 0) is 9.53 Å². The number of carbonyl (C=O) groups excluding carboxylic acids is 1. The van der Waals surface area contributed by atoms with E-state index in [4.69, 9.17) is 4.74 Å². The second-order valence-electron chi connectivity index (χ2n) is 5.42. The Morgan fingerprint density at radius 3 is 2.83 bits per heavy atom. The topological polar surface area (TPSA) is 41.6 Å². The van der Waals surface area contributed by atoms with E-state index in [0.717, 1.165) is 45.7 Å². The van der Waals surface area contributed by atoms with E-state index >= 15 is 0 Å². The lowest BCUT2D eigenvalue weighted by Crippen LogP contribution is -2.36. The molecule has 0 aliphatic carbocycles. The molecule has 0 spiro atoms. The first-order valence-electron chi connectivity index (χ1n) is 6.78. The van der Waals surface area contributed by atoms with Gasteiger partial charge in [-0.25, -0.2) is 0 Å². The lowest BCUT2D eigenvalue weighted by atomic mass is 10.0. The first-order valence-corrected chi connectivity index (χ1v) is 6.78. The largest absolute Gasteiger partial charge is 0.381 e. The monoisotopic (exact) mass is 276 g/mol. The Labute approximate surface area is 116 Å². The maximum atomic E-state index is 12.0. The minimum Gasteiger partial charge on any atom is -0.381 e. The molecule has 1 N–H and O–H groups in total. The Balaban J connectivity index is 0.00000162. The minimum atomic E-state index is 0. The Morgan fingerprint density at radius 2 is 2.22 bits per heavy atom. The molecule has 4 nitrogen and oxygen atoms in total. The standard InChI is InChI=1S/C13H24N2O2.ClH/c1-15(9-12-3-2-6-17-10-12)13(16)7-11-4-5-14-8-11;/h11-12,14H,2-10H2,1H3;1H. The van der Waals surface area contributed by atoms with Gasteiger partial charge in [0.25, 0.3) is 0 Å². The quantitative estimate of drug-likeness (QED) is 0.841. The van der Waals surface area contributed by atoms with E-state index in [0.29, 0.717) is 24.2 Å². The zero-order valence-electron chi connectivity index (χ0n) is 11.2. The van der Waals surface area contributed by atoms with E-state index in [2.05, 4.69) is 5.32 Å². The van der Waals surface area contributed by atoms with E-state index in [1.165, 1.54) is 6.42 Å². The summed E-state index contributed by atoms with van der Waals surface area (Å²) in [5.74, 6) is 1.39. The second-order valence-corrected chi connectivity index (χ2v) is 5.42. The number of hydrogen-bond acceptors (Lipinski definition) is 3. The van der Waals surface area contributed by atoms with Gasteiger partial charge in [-0.3, -0.25) is 4.79 Å². The fraction of sp³-hybridized carbons (Fsp3) is 0.923. The van der Waals surface area contributed by atoms with Crippen molar-refractivity contribution in [1.82, 2.24) is 10.2 Å². The molecule has 0 aromatic heterocycles. The average Bonchev–Trinajstić information content (AvgIpc) is 2.83. The molecule has 0 radical (unpaired) electrons. The maximum absolute atomic E-state index is 12.0. The predicted octanol–water partition coefficient (Wildman–Crippen LogP) is 1.29. The van der Waals surface area contributed by atoms with Gasteiger partial charge in [0, 0.05) is 26.6 Å². The van der Waals surface area contributed by atoms with Crippen LogP contribution in [0.3, 0.4) is 0 Å². The molecule has 2 saturated heterocycles. The third-order valence-electron chi connectivity index (χ3n) is 3.84. The summed E-state index contributed by atoms with van der Waals surface area (Å²) in [6, 6.07) is 0. The van der Waals surface area contributed by atoms with Crippen molar-refractivity contribution in [1.29, 1.82) is 0 Å². The average molecular weight is 277 g/mol. The van der Waals surface area contributed by atoms with Crippen molar-refractivity contribution in [3.05, 3.63) is 0 Å². The first kappa shape index (κ1) is 15.7. The zero-order chi connectivity index (χ0) is 12.1. The van der Waals surface area contributed by atoms with Crippen molar-refractivity contribution >= 4 is 18.3 Å². The first-order chi connectivity index (χ1) is 8.25. The molecule has 0 aromatic carbocycles. The molecule has 2 atom stereocenters. The van der Waals surface area contributed by atoms with Crippen molar-refractivity contribution in [2.24, 2.45) is 11.8 Å². The molecule has 2 rings (SSSR count). The number of rotatable bonds is 4. The highest BCUT2D eigenvalue weighted by atomic mass is 35.5. The lowest BCUT2D eigenvalue weighted by molar-refractivity contribution is -0.131. The van der Waals surface area contributed by atoms with Crippen molar-refractivity contribution < 1.29 is 9.53 Å². The normalized spacial score (nSPS) is 27.6. The number of nitrogens with one attached hydrogen (secondary N) is 1. The molecular formula is C13H25ClN2O2. The molecule has 2 unspecified atom stereocenters. The third kappa shape index (κ3) is 4.75. The Hall–Kier alpha value is -0.320. The highest BCUT2D eigenvalue weighted by Gasteiger charge is 2.22. The smallest absolute Gasteiger partial charge is 0.222 e. The number of carbonyl (C=O) groups is 1. The van der Waals surface area contributed by atoms with E-state index in [-0.39, 0.29) is 12.4 Å². The van der Waals surface area contributed by atoms with E-state index < -0.39 is 0 Å². The van der Waals surface area contributed by atoms with E-state index in [1.54, 1.807) is 0 Å². The van der Waals surface area contributed by atoms with Gasteiger partial charge in [0.1, 0.15) is 0 Å². The van der Waals surface area contributed by atoms with Gasteiger partial charge < -0.3 is 15.0 Å². The molecule has 5 heteroatoms. The van der Waals surface area contributed by atoms with Crippen LogP contribution in [0, 0.1) is 11.8 Å². The summed E-state index contributed by atoms with van der Waals surface area (Å²) in [4.78, 5) is 13.9. The van der Waals surface area contributed by atoms with Gasteiger partial charge in [-0.2, -0.15) is 0 Å². The number of ether oxygens (including phenoxy) is 1. The molecule has 2 fully saturated rings. The van der Waals surface area contributed by atoms with Crippen LogP contribution in [0.5, 0.6) is 0 Å². The van der Waals surface area contributed by atoms with Crippen LogP contribution in [0.2, 0.25) is 0 Å². The molecule has 2 aliphatic rings. The third-order valence-corrected chi connectivity index (χ3v) is 3.84. The van der Waals surface area contributed by atoms with Crippen LogP contribution in [0.4, 0.5) is 0 Å². The van der Waals surface area contributed by atoms with Crippen LogP contribution >= 0.6 is 12.4 Å². The Kier molecular flexibility index (Phi) is 6.97. The van der Waals surface area contributed by atoms with Crippen LogP contribution in [0.25, 0.3) is 0 Å². The molecular weight excluding hydrogens is 252 g/mol. The van der Waals surface area contributed by atoms with Gasteiger partial charge in [0.15, 0.2) is 0 Å². The summed E-state index contributed by atoms with van der Waals surface area (Å²) in [7, 11) is 1.93.